The van der Waals surface area contributed by atoms with Gasteiger partial charge in [0.25, 0.3) is 0 Å². The van der Waals surface area contributed by atoms with Crippen molar-refractivity contribution in [3.8, 4) is 0 Å². The molecule has 1 amide bonds. The number of nitrogens with one attached hydrogen (secondary N) is 1. The smallest absolute Gasteiger partial charge is 0.240 e. The molecule has 30 heavy (non-hydrogen) atoms. The molecule has 0 aliphatic heterocycles. The summed E-state index contributed by atoms with van der Waals surface area (Å²) in [5, 5.41) is 4.18. The standard InChI is InChI=1S/C26H36N2OS/c1-3-20(2)25(27-17-23-14-15-24(30)16-23)26(29)28(18-21-10-6-4-7-11-21)19-22-12-8-5-9-13-22/h4-13,20,23-25,27,30H,3,14-19H2,1-2H3/t20-,23-,24+,25-/m0/s1. The van der Waals surface area contributed by atoms with Gasteiger partial charge in [-0.2, -0.15) is 12.6 Å². The van der Waals surface area contributed by atoms with Crippen LogP contribution in [0.15, 0.2) is 60.7 Å². The maximum absolute atomic E-state index is 13.8. The highest BCUT2D eigenvalue weighted by molar-refractivity contribution is 7.80. The largest absolute Gasteiger partial charge is 0.333 e. The molecule has 162 valence electrons. The second kappa shape index (κ2) is 11.6. The maximum Gasteiger partial charge on any atom is 0.240 e. The van der Waals surface area contributed by atoms with Crippen LogP contribution < -0.4 is 5.32 Å². The fourth-order valence-corrected chi connectivity index (χ4v) is 4.76. The number of thiol groups is 1. The molecule has 0 aromatic heterocycles. The Bertz CT molecular complexity index is 726. The van der Waals surface area contributed by atoms with Crippen molar-refractivity contribution >= 4 is 18.5 Å². The van der Waals surface area contributed by atoms with Crippen molar-refractivity contribution in [1.29, 1.82) is 0 Å². The van der Waals surface area contributed by atoms with Crippen molar-refractivity contribution in [2.45, 2.75) is 63.9 Å². The van der Waals surface area contributed by atoms with Crippen LogP contribution in [0, 0.1) is 11.8 Å². The van der Waals surface area contributed by atoms with Gasteiger partial charge >= 0.3 is 0 Å². The first-order chi connectivity index (χ1) is 14.6. The van der Waals surface area contributed by atoms with Crippen molar-refractivity contribution < 1.29 is 4.79 Å². The first kappa shape index (κ1) is 22.9. The van der Waals surface area contributed by atoms with Crippen LogP contribution in [0.1, 0.15) is 50.7 Å². The van der Waals surface area contributed by atoms with Crippen molar-refractivity contribution in [2.24, 2.45) is 11.8 Å². The van der Waals surface area contributed by atoms with E-state index in [-0.39, 0.29) is 11.9 Å². The monoisotopic (exact) mass is 424 g/mol. The summed E-state index contributed by atoms with van der Waals surface area (Å²) in [5.74, 6) is 1.13. The fourth-order valence-electron chi connectivity index (χ4n) is 4.31. The topological polar surface area (TPSA) is 32.3 Å². The van der Waals surface area contributed by atoms with E-state index in [1.165, 1.54) is 24.0 Å². The first-order valence-corrected chi connectivity index (χ1v) is 11.9. The summed E-state index contributed by atoms with van der Waals surface area (Å²) in [6, 6.07) is 20.4. The van der Waals surface area contributed by atoms with E-state index in [0.29, 0.717) is 30.2 Å². The van der Waals surface area contributed by atoms with Crippen LogP contribution in [0.5, 0.6) is 0 Å². The van der Waals surface area contributed by atoms with Crippen molar-refractivity contribution in [1.82, 2.24) is 10.2 Å². The average Bonchev–Trinajstić information content (AvgIpc) is 3.19. The normalized spacial score (nSPS) is 20.6. The van der Waals surface area contributed by atoms with Gasteiger partial charge < -0.3 is 10.2 Å². The van der Waals surface area contributed by atoms with Gasteiger partial charge in [0.1, 0.15) is 0 Å². The molecule has 0 heterocycles. The van der Waals surface area contributed by atoms with Gasteiger partial charge in [-0.15, -0.1) is 0 Å². The lowest BCUT2D eigenvalue weighted by Crippen LogP contribution is -2.50. The highest BCUT2D eigenvalue weighted by Crippen LogP contribution is 2.29. The molecule has 1 saturated carbocycles. The Balaban J connectivity index is 1.75. The molecule has 0 spiro atoms. The number of rotatable bonds is 10. The summed E-state index contributed by atoms with van der Waals surface area (Å²) < 4.78 is 0. The van der Waals surface area contributed by atoms with E-state index < -0.39 is 0 Å². The van der Waals surface area contributed by atoms with Gasteiger partial charge in [0.15, 0.2) is 0 Å². The molecule has 4 heteroatoms. The minimum absolute atomic E-state index is 0.151. The van der Waals surface area contributed by atoms with Crippen LogP contribution in [0.3, 0.4) is 0 Å². The Morgan fingerprint density at radius 1 is 1.03 bits per heavy atom. The Morgan fingerprint density at radius 3 is 2.07 bits per heavy atom. The molecule has 0 saturated heterocycles. The van der Waals surface area contributed by atoms with Gasteiger partial charge in [0, 0.05) is 18.3 Å². The van der Waals surface area contributed by atoms with Crippen LogP contribution in [-0.4, -0.2) is 28.6 Å². The van der Waals surface area contributed by atoms with E-state index in [4.69, 9.17) is 0 Å². The number of amides is 1. The molecule has 1 fully saturated rings. The van der Waals surface area contributed by atoms with Crippen LogP contribution in [0.2, 0.25) is 0 Å². The maximum atomic E-state index is 13.8. The third kappa shape index (κ3) is 6.61. The molecular formula is C26H36N2OS. The van der Waals surface area contributed by atoms with Crippen LogP contribution in [0.25, 0.3) is 0 Å². The van der Waals surface area contributed by atoms with E-state index in [1.807, 2.05) is 41.3 Å². The van der Waals surface area contributed by atoms with Gasteiger partial charge in [0.05, 0.1) is 6.04 Å². The lowest BCUT2D eigenvalue weighted by Gasteiger charge is -2.32. The molecule has 1 N–H and O–H groups in total. The van der Waals surface area contributed by atoms with Crippen molar-refractivity contribution in [2.75, 3.05) is 6.54 Å². The second-order valence-corrected chi connectivity index (χ2v) is 9.50. The van der Waals surface area contributed by atoms with E-state index in [2.05, 4.69) is 56.1 Å². The number of carbonyl (C=O) groups excluding carboxylic acids is 1. The van der Waals surface area contributed by atoms with Crippen molar-refractivity contribution in [3.63, 3.8) is 0 Å². The Hall–Kier alpha value is -1.78. The van der Waals surface area contributed by atoms with Crippen LogP contribution >= 0.6 is 12.6 Å². The number of nitrogens with zero attached hydrogens (tertiary/aromatic N) is 1. The molecule has 0 unspecified atom stereocenters. The quantitative estimate of drug-likeness (QED) is 0.506. The molecular weight excluding hydrogens is 388 g/mol. The van der Waals surface area contributed by atoms with Crippen molar-refractivity contribution in [3.05, 3.63) is 71.8 Å². The third-order valence-electron chi connectivity index (χ3n) is 6.36. The molecule has 2 aromatic rings. The second-order valence-electron chi connectivity index (χ2n) is 8.77. The minimum Gasteiger partial charge on any atom is -0.333 e. The van der Waals surface area contributed by atoms with Gasteiger partial charge in [0.2, 0.25) is 5.91 Å². The Morgan fingerprint density at radius 2 is 1.60 bits per heavy atom. The average molecular weight is 425 g/mol. The lowest BCUT2D eigenvalue weighted by atomic mass is 9.96. The number of benzene rings is 2. The van der Waals surface area contributed by atoms with E-state index in [1.54, 1.807) is 0 Å². The molecule has 0 bridgehead atoms. The lowest BCUT2D eigenvalue weighted by molar-refractivity contribution is -0.136. The predicted molar refractivity (Wildman–Crippen MR) is 128 cm³/mol. The highest BCUT2D eigenvalue weighted by atomic mass is 32.1. The summed E-state index contributed by atoms with van der Waals surface area (Å²) in [5.41, 5.74) is 2.33. The summed E-state index contributed by atoms with van der Waals surface area (Å²) in [6.45, 7) is 6.53. The number of carbonyl (C=O) groups is 1. The Labute approximate surface area is 187 Å². The van der Waals surface area contributed by atoms with Crippen LogP contribution in [0.4, 0.5) is 0 Å². The van der Waals surface area contributed by atoms with E-state index in [0.717, 1.165) is 19.4 Å². The molecule has 3 rings (SSSR count). The van der Waals surface area contributed by atoms with Gasteiger partial charge in [-0.25, -0.2) is 0 Å². The zero-order valence-electron chi connectivity index (χ0n) is 18.3. The molecule has 2 aromatic carbocycles. The van der Waals surface area contributed by atoms with Gasteiger partial charge in [-0.05, 0) is 48.8 Å². The molecule has 1 aliphatic carbocycles. The first-order valence-electron chi connectivity index (χ1n) is 11.3. The van der Waals surface area contributed by atoms with Gasteiger partial charge in [-0.1, -0.05) is 80.9 Å². The number of hydrogen-bond acceptors (Lipinski definition) is 3. The zero-order chi connectivity index (χ0) is 21.3. The molecule has 4 atom stereocenters. The van der Waals surface area contributed by atoms with Gasteiger partial charge in [-0.3, -0.25) is 4.79 Å². The fraction of sp³-hybridized carbons (Fsp3) is 0.500. The summed E-state index contributed by atoms with van der Waals surface area (Å²) in [7, 11) is 0. The third-order valence-corrected chi connectivity index (χ3v) is 6.83. The molecule has 1 aliphatic rings. The predicted octanol–water partition coefficient (Wildman–Crippen LogP) is 5.32. The van der Waals surface area contributed by atoms with Crippen LogP contribution in [-0.2, 0) is 17.9 Å². The zero-order valence-corrected chi connectivity index (χ0v) is 19.2. The molecule has 3 nitrogen and oxygen atoms in total. The minimum atomic E-state index is -0.151. The Kier molecular flexibility index (Phi) is 8.83. The molecule has 0 radical (unpaired) electrons. The summed E-state index contributed by atoms with van der Waals surface area (Å²) in [4.78, 5) is 15.8. The summed E-state index contributed by atoms with van der Waals surface area (Å²) >= 11 is 4.64. The van der Waals surface area contributed by atoms with E-state index in [9.17, 15) is 4.79 Å². The number of hydrogen-bond donors (Lipinski definition) is 2. The SMILES string of the molecule is CC[C@H](C)[C@H](NC[C@H]1CC[C@@H](S)C1)C(=O)N(Cc1ccccc1)Cc1ccccc1. The summed E-state index contributed by atoms with van der Waals surface area (Å²) in [6.07, 6.45) is 4.52. The van der Waals surface area contributed by atoms with E-state index >= 15 is 0 Å². The highest BCUT2D eigenvalue weighted by Gasteiger charge is 2.30.